The summed E-state index contributed by atoms with van der Waals surface area (Å²) in [5.41, 5.74) is -0.830. The van der Waals surface area contributed by atoms with Crippen molar-refractivity contribution in [3.8, 4) is 12.3 Å². The highest BCUT2D eigenvalue weighted by molar-refractivity contribution is 6.42. The first-order valence-electron chi connectivity index (χ1n) is 9.48. The number of hydrogen-bond acceptors (Lipinski definition) is 3. The number of benzene rings is 1. The van der Waals surface area contributed by atoms with Crippen LogP contribution in [0.25, 0.3) is 0 Å². The van der Waals surface area contributed by atoms with Crippen LogP contribution >= 0.6 is 23.2 Å². The van der Waals surface area contributed by atoms with Crippen LogP contribution in [0.15, 0.2) is 18.2 Å². The first-order chi connectivity index (χ1) is 14.0. The molecule has 0 saturated carbocycles. The molecule has 1 aromatic carbocycles. The number of carbonyl (C=O) groups is 1. The van der Waals surface area contributed by atoms with E-state index in [0.29, 0.717) is 28.3 Å². The summed E-state index contributed by atoms with van der Waals surface area (Å²) in [6.07, 6.45) is 4.87. The van der Waals surface area contributed by atoms with Gasteiger partial charge < -0.3 is 10.0 Å². The standard InChI is InChI=1S/C21H19Cl2F2N3O2/c1-3-20(30)6-7-21(24,25)18-14-10-27(12(2)8-17(14)26-28(18)11-20)19(29)13-4-5-15(22)16(23)9-13/h1,4-5,9,12,30H,6-8,10-11H2,2H3/t12-,20-/m1/s1. The summed E-state index contributed by atoms with van der Waals surface area (Å²) >= 11 is 12.0. The first-order valence-corrected chi connectivity index (χ1v) is 10.2. The summed E-state index contributed by atoms with van der Waals surface area (Å²) in [7, 11) is 0. The number of fused-ring (bicyclic) bond motifs is 3. The molecule has 0 bridgehead atoms. The average molecular weight is 454 g/mol. The predicted molar refractivity (Wildman–Crippen MR) is 109 cm³/mol. The molecule has 9 heteroatoms. The van der Waals surface area contributed by atoms with Gasteiger partial charge in [0, 0.05) is 30.0 Å². The molecule has 2 aromatic rings. The topological polar surface area (TPSA) is 58.4 Å². The van der Waals surface area contributed by atoms with Crippen molar-refractivity contribution < 1.29 is 18.7 Å². The normalized spacial score (nSPS) is 25.1. The van der Waals surface area contributed by atoms with Gasteiger partial charge in [0.05, 0.1) is 28.8 Å². The molecule has 1 amide bonds. The van der Waals surface area contributed by atoms with Gasteiger partial charge in [-0.3, -0.25) is 9.48 Å². The molecule has 0 saturated heterocycles. The Kier molecular flexibility index (Phi) is 5.08. The second-order valence-corrected chi connectivity index (χ2v) is 8.74. The molecule has 5 nitrogen and oxygen atoms in total. The van der Waals surface area contributed by atoms with Gasteiger partial charge in [-0.2, -0.15) is 13.9 Å². The lowest BCUT2D eigenvalue weighted by Gasteiger charge is -2.34. The minimum absolute atomic E-state index is 0.0189. The van der Waals surface area contributed by atoms with Crippen molar-refractivity contribution in [1.29, 1.82) is 0 Å². The zero-order chi connectivity index (χ0) is 21.8. The van der Waals surface area contributed by atoms with Crippen LogP contribution < -0.4 is 0 Å². The summed E-state index contributed by atoms with van der Waals surface area (Å²) in [6.45, 7) is 1.60. The van der Waals surface area contributed by atoms with Gasteiger partial charge in [0.15, 0.2) is 0 Å². The number of alkyl halides is 2. The summed E-state index contributed by atoms with van der Waals surface area (Å²) in [6, 6.07) is 4.28. The molecule has 1 N–H and O–H groups in total. The number of carbonyl (C=O) groups excluding carboxylic acids is 1. The van der Waals surface area contributed by atoms with Crippen LogP contribution in [0.3, 0.4) is 0 Å². The second-order valence-electron chi connectivity index (χ2n) is 7.93. The van der Waals surface area contributed by atoms with E-state index in [1.165, 1.54) is 17.0 Å². The third-order valence-corrected chi connectivity index (χ3v) is 6.53. The molecule has 0 fully saturated rings. The van der Waals surface area contributed by atoms with Gasteiger partial charge in [0.1, 0.15) is 11.3 Å². The van der Waals surface area contributed by atoms with Gasteiger partial charge >= 0.3 is 0 Å². The molecule has 4 rings (SSSR count). The largest absolute Gasteiger partial charge is 0.376 e. The van der Waals surface area contributed by atoms with Gasteiger partial charge in [-0.25, -0.2) is 0 Å². The van der Waals surface area contributed by atoms with E-state index in [4.69, 9.17) is 29.6 Å². The maximum Gasteiger partial charge on any atom is 0.289 e. The van der Waals surface area contributed by atoms with Crippen molar-refractivity contribution in [2.45, 2.75) is 56.8 Å². The zero-order valence-corrected chi connectivity index (χ0v) is 17.6. The monoisotopic (exact) mass is 453 g/mol. The number of rotatable bonds is 1. The number of nitrogens with zero attached hydrogens (tertiary/aromatic N) is 3. The minimum atomic E-state index is -3.22. The van der Waals surface area contributed by atoms with Crippen molar-refractivity contribution >= 4 is 29.1 Å². The number of amides is 1. The van der Waals surface area contributed by atoms with Gasteiger partial charge in [-0.05, 0) is 31.5 Å². The fourth-order valence-electron chi connectivity index (χ4n) is 4.11. The van der Waals surface area contributed by atoms with Crippen molar-refractivity contribution in [2.75, 3.05) is 0 Å². The lowest BCUT2D eigenvalue weighted by Crippen LogP contribution is -2.43. The van der Waals surface area contributed by atoms with E-state index in [-0.39, 0.29) is 42.2 Å². The third-order valence-electron chi connectivity index (χ3n) is 5.79. The molecule has 0 unspecified atom stereocenters. The maximum absolute atomic E-state index is 15.0. The summed E-state index contributed by atoms with van der Waals surface area (Å²) < 4.78 is 31.2. The second kappa shape index (κ2) is 7.23. The molecule has 0 spiro atoms. The van der Waals surface area contributed by atoms with Gasteiger partial charge in [0.2, 0.25) is 0 Å². The molecule has 1 aromatic heterocycles. The smallest absolute Gasteiger partial charge is 0.289 e. The Labute approximate surface area is 182 Å². The van der Waals surface area contributed by atoms with Crippen LogP contribution in [0.5, 0.6) is 0 Å². The molecule has 0 radical (unpaired) electrons. The van der Waals surface area contributed by atoms with Crippen LogP contribution in [0.1, 0.15) is 47.1 Å². The fourth-order valence-corrected chi connectivity index (χ4v) is 4.41. The van der Waals surface area contributed by atoms with E-state index >= 15 is 8.78 Å². The third kappa shape index (κ3) is 3.47. The van der Waals surface area contributed by atoms with Crippen LogP contribution in [0.2, 0.25) is 10.0 Å². The number of aliphatic hydroxyl groups is 1. The van der Waals surface area contributed by atoms with E-state index in [0.717, 1.165) is 4.68 Å². The van der Waals surface area contributed by atoms with Crippen LogP contribution in [-0.2, 0) is 25.4 Å². The van der Waals surface area contributed by atoms with Crippen molar-refractivity contribution in [3.63, 3.8) is 0 Å². The number of aromatic nitrogens is 2. The highest BCUT2D eigenvalue weighted by Gasteiger charge is 2.47. The number of halogens is 4. The lowest BCUT2D eigenvalue weighted by molar-refractivity contribution is -0.0302. The van der Waals surface area contributed by atoms with Crippen LogP contribution in [0, 0.1) is 12.3 Å². The molecule has 2 atom stereocenters. The Bertz CT molecular complexity index is 1080. The van der Waals surface area contributed by atoms with Crippen LogP contribution in [0.4, 0.5) is 8.78 Å². The molecular weight excluding hydrogens is 435 g/mol. The molecule has 0 aliphatic carbocycles. The Morgan fingerprint density at radius 1 is 1.33 bits per heavy atom. The molecule has 158 valence electrons. The molecule has 30 heavy (non-hydrogen) atoms. The summed E-state index contributed by atoms with van der Waals surface area (Å²) in [5.74, 6) is -1.33. The van der Waals surface area contributed by atoms with E-state index in [1.807, 2.05) is 6.92 Å². The van der Waals surface area contributed by atoms with Gasteiger partial charge in [-0.1, -0.05) is 29.1 Å². The predicted octanol–water partition coefficient (Wildman–Crippen LogP) is 4.03. The van der Waals surface area contributed by atoms with E-state index in [1.54, 1.807) is 6.07 Å². The minimum Gasteiger partial charge on any atom is -0.376 e. The highest BCUT2D eigenvalue weighted by atomic mass is 35.5. The van der Waals surface area contributed by atoms with Crippen LogP contribution in [-0.4, -0.2) is 37.3 Å². The lowest BCUT2D eigenvalue weighted by atomic mass is 9.94. The maximum atomic E-state index is 15.0. The molecule has 2 aliphatic heterocycles. The van der Waals surface area contributed by atoms with Gasteiger partial charge in [0.25, 0.3) is 11.8 Å². The Hall–Kier alpha value is -2.14. The van der Waals surface area contributed by atoms with Gasteiger partial charge in [-0.15, -0.1) is 6.42 Å². The Balaban J connectivity index is 1.73. The van der Waals surface area contributed by atoms with Crippen molar-refractivity contribution in [1.82, 2.24) is 14.7 Å². The Morgan fingerprint density at radius 3 is 2.73 bits per heavy atom. The summed E-state index contributed by atoms with van der Waals surface area (Å²) in [4.78, 5) is 14.6. The first kappa shape index (κ1) is 21.1. The molecule has 3 heterocycles. The molecular formula is C21H19Cl2F2N3O2. The van der Waals surface area contributed by atoms with Crippen molar-refractivity contribution in [2.24, 2.45) is 0 Å². The Morgan fingerprint density at radius 2 is 2.07 bits per heavy atom. The van der Waals surface area contributed by atoms with E-state index in [2.05, 4.69) is 11.0 Å². The quantitative estimate of drug-likeness (QED) is 0.663. The average Bonchev–Trinajstić information content (AvgIpc) is 2.99. The number of terminal acetylenes is 1. The highest BCUT2D eigenvalue weighted by Crippen LogP contribution is 2.43. The van der Waals surface area contributed by atoms with E-state index in [9.17, 15) is 9.90 Å². The fraction of sp³-hybridized carbons (Fsp3) is 0.429. The number of hydrogen-bond donors (Lipinski definition) is 1. The SMILES string of the molecule is C#C[C@@]1(O)CCC(F)(F)c2c3c(nn2C1)C[C@@H](C)N(C(=O)c1ccc(Cl)c(Cl)c1)C3. The molecule has 2 aliphatic rings. The summed E-state index contributed by atoms with van der Waals surface area (Å²) in [5, 5.41) is 15.4. The van der Waals surface area contributed by atoms with Crippen molar-refractivity contribution in [3.05, 3.63) is 50.8 Å². The van der Waals surface area contributed by atoms with E-state index < -0.39 is 17.9 Å². The zero-order valence-electron chi connectivity index (χ0n) is 16.1.